The molecule has 0 amide bonds. The van der Waals surface area contributed by atoms with Gasteiger partial charge in [-0.25, -0.2) is 12.8 Å². The Labute approximate surface area is 115 Å². The number of nitrogens with one attached hydrogen (secondary N) is 1. The lowest BCUT2D eigenvalue weighted by atomic mass is 10.2. The average Bonchev–Trinajstić information content (AvgIpc) is 2.35. The Morgan fingerprint density at radius 3 is 2.55 bits per heavy atom. The molecule has 7 heteroatoms. The molecule has 1 heterocycles. The second-order valence-corrected chi connectivity index (χ2v) is 6.07. The third-order valence-corrected chi connectivity index (χ3v) is 3.20. The number of halogens is 1. The topological polar surface area (TPSA) is 68.2 Å². The molecule has 0 radical (unpaired) electrons. The van der Waals surface area contributed by atoms with Crippen LogP contribution in [0.5, 0.6) is 0 Å². The minimum absolute atomic E-state index is 0.0325. The molecule has 0 saturated carbocycles. The van der Waals surface area contributed by atoms with Crippen LogP contribution in [0.3, 0.4) is 0 Å². The average molecular weight is 296 g/mol. The molecule has 0 aliphatic carbocycles. The van der Waals surface area contributed by atoms with Gasteiger partial charge in [-0.05, 0) is 18.2 Å². The molecule has 0 aliphatic heterocycles. The molecule has 0 saturated heterocycles. The predicted octanol–water partition coefficient (Wildman–Crippen LogP) is 1.41. The highest BCUT2D eigenvalue weighted by Gasteiger charge is 2.09. The van der Waals surface area contributed by atoms with Crippen LogP contribution in [0.1, 0.15) is 5.56 Å². The molecular formula is C13H13FN2O3S. The van der Waals surface area contributed by atoms with E-state index in [-0.39, 0.29) is 12.2 Å². The number of rotatable bonds is 4. The fraction of sp³-hybridized carbons (Fsp3) is 0.154. The molecule has 1 aromatic heterocycles. The number of aromatic nitrogens is 1. The number of nitrogens with zero attached hydrogens (tertiary/aromatic N) is 1. The van der Waals surface area contributed by atoms with E-state index in [1.165, 1.54) is 29.0 Å². The summed E-state index contributed by atoms with van der Waals surface area (Å²) in [5.74, 6) is -0.416. The van der Waals surface area contributed by atoms with Gasteiger partial charge in [-0.2, -0.15) is 0 Å². The fourth-order valence-corrected chi connectivity index (χ4v) is 2.30. The first-order valence-corrected chi connectivity index (χ1v) is 7.66. The minimum Gasteiger partial charge on any atom is -0.309 e. The first-order chi connectivity index (χ1) is 9.37. The van der Waals surface area contributed by atoms with Crippen molar-refractivity contribution in [1.29, 1.82) is 0 Å². The second kappa shape index (κ2) is 5.46. The van der Waals surface area contributed by atoms with Crippen molar-refractivity contribution < 1.29 is 12.8 Å². The maximum Gasteiger partial charge on any atom is 0.275 e. The highest BCUT2D eigenvalue weighted by Crippen LogP contribution is 2.08. The first-order valence-electron chi connectivity index (χ1n) is 5.77. The van der Waals surface area contributed by atoms with Crippen LogP contribution in [0.15, 0.2) is 47.4 Å². The zero-order valence-corrected chi connectivity index (χ0v) is 11.5. The summed E-state index contributed by atoms with van der Waals surface area (Å²) < 4.78 is 39.2. The van der Waals surface area contributed by atoms with Crippen molar-refractivity contribution in [3.63, 3.8) is 0 Å². The molecule has 2 aromatic rings. The monoisotopic (exact) mass is 296 g/mol. The summed E-state index contributed by atoms with van der Waals surface area (Å²) >= 11 is 0. The lowest BCUT2D eigenvalue weighted by Crippen LogP contribution is -2.25. The molecule has 0 fully saturated rings. The first kappa shape index (κ1) is 14.3. The van der Waals surface area contributed by atoms with Crippen molar-refractivity contribution in [2.45, 2.75) is 6.54 Å². The van der Waals surface area contributed by atoms with E-state index in [0.29, 0.717) is 5.56 Å². The van der Waals surface area contributed by atoms with Crippen molar-refractivity contribution in [3.8, 4) is 0 Å². The van der Waals surface area contributed by atoms with Crippen LogP contribution in [-0.2, 0) is 16.6 Å². The van der Waals surface area contributed by atoms with Gasteiger partial charge in [-0.15, -0.1) is 0 Å². The van der Waals surface area contributed by atoms with Crippen LogP contribution in [0.25, 0.3) is 0 Å². The Bertz CT molecular complexity index is 784. The number of hydrogen-bond acceptors (Lipinski definition) is 3. The Hall–Kier alpha value is -2.15. The van der Waals surface area contributed by atoms with E-state index < -0.39 is 21.4 Å². The molecule has 5 nitrogen and oxygen atoms in total. The van der Waals surface area contributed by atoms with Crippen molar-refractivity contribution in [2.24, 2.45) is 0 Å². The smallest absolute Gasteiger partial charge is 0.275 e. The number of benzene rings is 1. The standard InChI is InChI=1S/C13H13FN2O3S/c1-20(18,19)15-12-7-4-8-16(13(12)17)9-10-5-2-3-6-11(10)14/h2-8,15H,9H2,1H3. The van der Waals surface area contributed by atoms with Gasteiger partial charge in [0.15, 0.2) is 0 Å². The van der Waals surface area contributed by atoms with E-state index in [4.69, 9.17) is 0 Å². The van der Waals surface area contributed by atoms with E-state index >= 15 is 0 Å². The van der Waals surface area contributed by atoms with Crippen LogP contribution in [0, 0.1) is 5.82 Å². The summed E-state index contributed by atoms with van der Waals surface area (Å²) in [6.07, 6.45) is 2.43. The highest BCUT2D eigenvalue weighted by atomic mass is 32.2. The highest BCUT2D eigenvalue weighted by molar-refractivity contribution is 7.92. The van der Waals surface area contributed by atoms with Gasteiger partial charge in [-0.3, -0.25) is 9.52 Å². The van der Waals surface area contributed by atoms with E-state index in [1.54, 1.807) is 18.2 Å². The SMILES string of the molecule is CS(=O)(=O)Nc1cccn(Cc2ccccc2F)c1=O. The third-order valence-electron chi connectivity index (χ3n) is 2.61. The van der Waals surface area contributed by atoms with E-state index in [0.717, 1.165) is 6.26 Å². The number of hydrogen-bond donors (Lipinski definition) is 1. The summed E-state index contributed by atoms with van der Waals surface area (Å²) in [7, 11) is -3.53. The summed E-state index contributed by atoms with van der Waals surface area (Å²) in [6.45, 7) is 0.0325. The van der Waals surface area contributed by atoms with Crippen molar-refractivity contribution in [2.75, 3.05) is 11.0 Å². The molecule has 0 aliphatic rings. The molecule has 0 atom stereocenters. The van der Waals surface area contributed by atoms with Gasteiger partial charge < -0.3 is 4.57 Å². The van der Waals surface area contributed by atoms with Crippen LogP contribution in [-0.4, -0.2) is 19.2 Å². The fourth-order valence-electron chi connectivity index (χ4n) is 1.75. The molecule has 2 rings (SSSR count). The molecule has 20 heavy (non-hydrogen) atoms. The van der Waals surface area contributed by atoms with Crippen molar-refractivity contribution >= 4 is 15.7 Å². The normalized spacial score (nSPS) is 11.3. The summed E-state index contributed by atoms with van der Waals surface area (Å²) in [5.41, 5.74) is -0.237. The van der Waals surface area contributed by atoms with Gasteiger partial charge in [0.05, 0.1) is 12.8 Å². The van der Waals surface area contributed by atoms with Crippen molar-refractivity contribution in [3.05, 3.63) is 64.3 Å². The van der Waals surface area contributed by atoms with Gasteiger partial charge in [0.2, 0.25) is 10.0 Å². The number of sulfonamides is 1. The van der Waals surface area contributed by atoms with E-state index in [9.17, 15) is 17.6 Å². The molecular weight excluding hydrogens is 283 g/mol. The van der Waals surface area contributed by atoms with E-state index in [1.807, 2.05) is 0 Å². The maximum absolute atomic E-state index is 13.6. The lowest BCUT2D eigenvalue weighted by Gasteiger charge is -2.09. The predicted molar refractivity (Wildman–Crippen MR) is 74.7 cm³/mol. The zero-order valence-electron chi connectivity index (χ0n) is 10.7. The molecule has 1 N–H and O–H groups in total. The Kier molecular flexibility index (Phi) is 3.89. The van der Waals surface area contributed by atoms with Gasteiger partial charge >= 0.3 is 0 Å². The third kappa shape index (κ3) is 3.45. The summed E-state index contributed by atoms with van der Waals surface area (Å²) in [4.78, 5) is 12.1. The number of pyridine rings is 1. The number of anilines is 1. The second-order valence-electron chi connectivity index (χ2n) is 4.32. The van der Waals surface area contributed by atoms with Crippen LogP contribution >= 0.6 is 0 Å². The minimum atomic E-state index is -3.53. The van der Waals surface area contributed by atoms with Gasteiger partial charge in [0.1, 0.15) is 11.5 Å². The van der Waals surface area contributed by atoms with Gasteiger partial charge in [-0.1, -0.05) is 18.2 Å². The summed E-state index contributed by atoms with van der Waals surface area (Å²) in [6, 6.07) is 8.99. The molecule has 1 aromatic carbocycles. The Morgan fingerprint density at radius 1 is 1.20 bits per heavy atom. The molecule has 0 spiro atoms. The van der Waals surface area contributed by atoms with Crippen LogP contribution < -0.4 is 10.3 Å². The summed E-state index contributed by atoms with van der Waals surface area (Å²) in [5, 5.41) is 0. The lowest BCUT2D eigenvalue weighted by molar-refractivity contribution is 0.596. The van der Waals surface area contributed by atoms with Crippen LogP contribution in [0.4, 0.5) is 10.1 Å². The molecule has 106 valence electrons. The Balaban J connectivity index is 2.37. The van der Waals surface area contributed by atoms with Crippen molar-refractivity contribution in [1.82, 2.24) is 4.57 Å². The maximum atomic E-state index is 13.6. The van der Waals surface area contributed by atoms with Gasteiger partial charge in [0.25, 0.3) is 5.56 Å². The van der Waals surface area contributed by atoms with Crippen LogP contribution in [0.2, 0.25) is 0 Å². The molecule has 0 unspecified atom stereocenters. The quantitative estimate of drug-likeness (QED) is 0.927. The zero-order chi connectivity index (χ0) is 14.8. The molecule has 0 bridgehead atoms. The Morgan fingerprint density at radius 2 is 1.90 bits per heavy atom. The van der Waals surface area contributed by atoms with Gasteiger partial charge in [0, 0.05) is 11.8 Å². The largest absolute Gasteiger partial charge is 0.309 e. The van der Waals surface area contributed by atoms with E-state index in [2.05, 4.69) is 4.72 Å².